The van der Waals surface area contributed by atoms with Gasteiger partial charge in [-0.2, -0.15) is 0 Å². The van der Waals surface area contributed by atoms with Crippen LogP contribution in [0.2, 0.25) is 0 Å². The zero-order chi connectivity index (χ0) is 21.5. The molecular weight excluding hydrogens is 400 g/mol. The second-order valence-corrected chi connectivity index (χ2v) is 8.54. The van der Waals surface area contributed by atoms with Gasteiger partial charge in [0.25, 0.3) is 6.47 Å². The Morgan fingerprint density at radius 3 is 2.53 bits per heavy atom. The van der Waals surface area contributed by atoms with Crippen LogP contribution in [0.25, 0.3) is 0 Å². The third kappa shape index (κ3) is 5.21. The van der Waals surface area contributed by atoms with Crippen molar-refractivity contribution < 1.29 is 19.0 Å². The van der Waals surface area contributed by atoms with Gasteiger partial charge in [-0.1, -0.05) is 18.2 Å². The Morgan fingerprint density at radius 2 is 1.87 bits per heavy atom. The maximum Gasteiger partial charge on any atom is 0.293 e. The van der Waals surface area contributed by atoms with Crippen LogP contribution in [0.15, 0.2) is 41.3 Å². The molecular formula is C23H30N2O4S. The molecule has 0 aromatic heterocycles. The van der Waals surface area contributed by atoms with Crippen LogP contribution in [0.1, 0.15) is 24.0 Å². The highest BCUT2D eigenvalue weighted by Crippen LogP contribution is 2.35. The monoisotopic (exact) mass is 430 g/mol. The number of rotatable bonds is 9. The van der Waals surface area contributed by atoms with Crippen molar-refractivity contribution in [2.24, 2.45) is 0 Å². The van der Waals surface area contributed by atoms with Gasteiger partial charge >= 0.3 is 0 Å². The van der Waals surface area contributed by atoms with Crippen LogP contribution in [-0.4, -0.2) is 51.2 Å². The summed E-state index contributed by atoms with van der Waals surface area (Å²) >= 11 is 1.76. The quantitative estimate of drug-likeness (QED) is 0.434. The van der Waals surface area contributed by atoms with E-state index in [-0.39, 0.29) is 0 Å². The van der Waals surface area contributed by atoms with Crippen LogP contribution < -0.4 is 14.4 Å². The molecule has 2 aromatic carbocycles. The van der Waals surface area contributed by atoms with Crippen molar-refractivity contribution in [3.8, 4) is 11.5 Å². The first kappa shape index (κ1) is 22.3. The molecule has 3 rings (SSSR count). The standard InChI is InChI=1S/C23H30N2O4S/c1-17-6-5-7-18(15-29-16-26)23(17)24(2)19-10-12-25(13-11-19)30-20-8-9-21(27-3)22(14-20)28-4/h5-9,14,16,19H,10-13,15H2,1-4H3. The highest BCUT2D eigenvalue weighted by molar-refractivity contribution is 7.97. The summed E-state index contributed by atoms with van der Waals surface area (Å²) < 4.78 is 18.2. The Bertz CT molecular complexity index is 853. The van der Waals surface area contributed by atoms with E-state index in [1.54, 1.807) is 26.2 Å². The van der Waals surface area contributed by atoms with E-state index in [9.17, 15) is 4.79 Å². The molecule has 0 aliphatic carbocycles. The second kappa shape index (κ2) is 10.6. The zero-order valence-corrected chi connectivity index (χ0v) is 18.9. The number of para-hydroxylation sites is 1. The van der Waals surface area contributed by atoms with Crippen molar-refractivity contribution in [2.45, 2.75) is 37.3 Å². The predicted octanol–water partition coefficient (Wildman–Crippen LogP) is 4.29. The van der Waals surface area contributed by atoms with Gasteiger partial charge in [-0.25, -0.2) is 4.31 Å². The average molecular weight is 431 g/mol. The van der Waals surface area contributed by atoms with Gasteiger partial charge in [-0.15, -0.1) is 0 Å². The molecule has 1 saturated heterocycles. The fraction of sp³-hybridized carbons (Fsp3) is 0.435. The Hall–Kier alpha value is -2.38. The van der Waals surface area contributed by atoms with Gasteiger partial charge in [0, 0.05) is 42.3 Å². The summed E-state index contributed by atoms with van der Waals surface area (Å²) in [7, 11) is 5.46. The lowest BCUT2D eigenvalue weighted by atomic mass is 10.0. The van der Waals surface area contributed by atoms with Crippen LogP contribution in [0.3, 0.4) is 0 Å². The minimum Gasteiger partial charge on any atom is -0.493 e. The van der Waals surface area contributed by atoms with E-state index >= 15 is 0 Å². The van der Waals surface area contributed by atoms with E-state index in [1.165, 1.54) is 11.3 Å². The summed E-state index contributed by atoms with van der Waals surface area (Å²) in [6.07, 6.45) is 2.14. The third-order valence-corrected chi connectivity index (χ3v) is 6.63. The first-order chi connectivity index (χ1) is 14.6. The van der Waals surface area contributed by atoms with Crippen molar-refractivity contribution in [3.05, 3.63) is 47.5 Å². The van der Waals surface area contributed by atoms with E-state index in [4.69, 9.17) is 14.2 Å². The third-order valence-electron chi connectivity index (χ3n) is 5.54. The number of anilines is 1. The molecule has 0 amide bonds. The molecule has 1 heterocycles. The average Bonchev–Trinajstić information content (AvgIpc) is 2.77. The maximum atomic E-state index is 10.6. The summed E-state index contributed by atoms with van der Waals surface area (Å²) in [6.45, 7) is 4.92. The summed E-state index contributed by atoms with van der Waals surface area (Å²) in [6, 6.07) is 12.6. The Labute approximate surface area is 183 Å². The maximum absolute atomic E-state index is 10.6. The normalized spacial score (nSPS) is 14.9. The highest BCUT2D eigenvalue weighted by Gasteiger charge is 2.25. The van der Waals surface area contributed by atoms with Crippen LogP contribution >= 0.6 is 11.9 Å². The van der Waals surface area contributed by atoms with Crippen LogP contribution in [0, 0.1) is 6.92 Å². The Morgan fingerprint density at radius 1 is 1.13 bits per heavy atom. The van der Waals surface area contributed by atoms with E-state index in [0.29, 0.717) is 19.1 Å². The van der Waals surface area contributed by atoms with Gasteiger partial charge in [0.05, 0.1) is 14.2 Å². The largest absolute Gasteiger partial charge is 0.493 e. The molecule has 0 bridgehead atoms. The van der Waals surface area contributed by atoms with Gasteiger partial charge in [0.1, 0.15) is 6.61 Å². The fourth-order valence-corrected chi connectivity index (χ4v) is 4.97. The van der Waals surface area contributed by atoms with Gasteiger partial charge in [0.15, 0.2) is 11.5 Å². The van der Waals surface area contributed by atoms with E-state index in [0.717, 1.165) is 47.9 Å². The van der Waals surface area contributed by atoms with Crippen molar-refractivity contribution >= 4 is 24.1 Å². The lowest BCUT2D eigenvalue weighted by Gasteiger charge is -2.38. The molecule has 2 aromatic rings. The number of carbonyl (C=O) groups is 1. The van der Waals surface area contributed by atoms with Crippen molar-refractivity contribution in [2.75, 3.05) is 39.3 Å². The molecule has 30 heavy (non-hydrogen) atoms. The molecule has 0 atom stereocenters. The van der Waals surface area contributed by atoms with Gasteiger partial charge in [-0.3, -0.25) is 4.79 Å². The summed E-state index contributed by atoms with van der Waals surface area (Å²) in [4.78, 5) is 14.2. The molecule has 6 nitrogen and oxygen atoms in total. The zero-order valence-electron chi connectivity index (χ0n) is 18.1. The molecule has 1 fully saturated rings. The van der Waals surface area contributed by atoms with E-state index in [1.807, 2.05) is 24.3 Å². The molecule has 1 aliphatic heterocycles. The number of hydrogen-bond donors (Lipinski definition) is 0. The topological polar surface area (TPSA) is 51.2 Å². The van der Waals surface area contributed by atoms with Gasteiger partial charge in [-0.05, 0) is 55.5 Å². The molecule has 0 unspecified atom stereocenters. The number of aryl methyl sites for hydroxylation is 1. The van der Waals surface area contributed by atoms with Crippen LogP contribution in [0.5, 0.6) is 11.5 Å². The van der Waals surface area contributed by atoms with Crippen molar-refractivity contribution in [1.82, 2.24) is 4.31 Å². The van der Waals surface area contributed by atoms with Gasteiger partial charge in [0.2, 0.25) is 0 Å². The molecule has 0 N–H and O–H groups in total. The van der Waals surface area contributed by atoms with E-state index < -0.39 is 0 Å². The number of piperidine rings is 1. The van der Waals surface area contributed by atoms with Crippen LogP contribution in [0.4, 0.5) is 5.69 Å². The number of methoxy groups -OCH3 is 2. The van der Waals surface area contributed by atoms with Gasteiger partial charge < -0.3 is 19.1 Å². The molecule has 7 heteroatoms. The lowest BCUT2D eigenvalue weighted by Crippen LogP contribution is -2.41. The minimum absolute atomic E-state index is 0.304. The predicted molar refractivity (Wildman–Crippen MR) is 120 cm³/mol. The van der Waals surface area contributed by atoms with Crippen molar-refractivity contribution in [3.63, 3.8) is 0 Å². The van der Waals surface area contributed by atoms with Crippen molar-refractivity contribution in [1.29, 1.82) is 0 Å². The van der Waals surface area contributed by atoms with E-state index in [2.05, 4.69) is 35.3 Å². The fourth-order valence-electron chi connectivity index (χ4n) is 3.99. The second-order valence-electron chi connectivity index (χ2n) is 7.37. The summed E-state index contributed by atoms with van der Waals surface area (Å²) in [5.74, 6) is 1.50. The number of hydrogen-bond acceptors (Lipinski definition) is 7. The smallest absolute Gasteiger partial charge is 0.293 e. The number of nitrogens with zero attached hydrogens (tertiary/aromatic N) is 2. The molecule has 0 radical (unpaired) electrons. The highest BCUT2D eigenvalue weighted by atomic mass is 32.2. The number of ether oxygens (including phenoxy) is 3. The Kier molecular flexibility index (Phi) is 7.87. The summed E-state index contributed by atoms with van der Waals surface area (Å²) in [5.41, 5.74) is 3.42. The SMILES string of the molecule is COc1ccc(SN2CCC(N(C)c3c(C)cccc3COC=O)CC2)cc1OC. The minimum atomic E-state index is 0.304. The first-order valence-electron chi connectivity index (χ1n) is 10.1. The molecule has 0 spiro atoms. The summed E-state index contributed by atoms with van der Waals surface area (Å²) in [5, 5.41) is 0. The number of benzene rings is 2. The molecule has 1 aliphatic rings. The molecule has 0 saturated carbocycles. The first-order valence-corrected chi connectivity index (χ1v) is 10.9. The Balaban J connectivity index is 1.63. The lowest BCUT2D eigenvalue weighted by molar-refractivity contribution is -0.129. The number of carbonyl (C=O) groups excluding carboxylic acids is 1. The van der Waals surface area contributed by atoms with Crippen LogP contribution in [-0.2, 0) is 16.1 Å². The molecule has 162 valence electrons.